The molecule has 0 saturated heterocycles. The molecular formula is C28H30Cl2N2O5. The summed E-state index contributed by atoms with van der Waals surface area (Å²) in [6.45, 7) is 2.15. The van der Waals surface area contributed by atoms with Crippen LogP contribution in [0.3, 0.4) is 0 Å². The summed E-state index contributed by atoms with van der Waals surface area (Å²) in [5, 5.41) is 3.85. The molecule has 0 heterocycles. The Morgan fingerprint density at radius 1 is 0.865 bits per heavy atom. The summed E-state index contributed by atoms with van der Waals surface area (Å²) < 4.78 is 15.9. The summed E-state index contributed by atoms with van der Waals surface area (Å²) in [6, 6.07) is 17.0. The van der Waals surface area contributed by atoms with Crippen LogP contribution in [0.2, 0.25) is 10.0 Å². The maximum Gasteiger partial charge on any atom is 0.242 e. The maximum absolute atomic E-state index is 13.5. The van der Waals surface area contributed by atoms with Crippen LogP contribution in [0, 0.1) is 0 Å². The molecule has 196 valence electrons. The number of carbonyl (C=O) groups is 2. The molecule has 1 N–H and O–H groups in total. The monoisotopic (exact) mass is 544 g/mol. The molecule has 0 bridgehead atoms. The second-order valence-corrected chi connectivity index (χ2v) is 9.21. The number of hydrogen-bond acceptors (Lipinski definition) is 5. The third-order valence-electron chi connectivity index (χ3n) is 5.95. The van der Waals surface area contributed by atoms with Gasteiger partial charge >= 0.3 is 0 Å². The minimum atomic E-state index is -0.749. The molecule has 0 aliphatic rings. The van der Waals surface area contributed by atoms with Gasteiger partial charge in [-0.1, -0.05) is 47.5 Å². The predicted octanol–water partition coefficient (Wildman–Crippen LogP) is 5.30. The molecule has 0 aliphatic carbocycles. The van der Waals surface area contributed by atoms with Gasteiger partial charge in [-0.25, -0.2) is 0 Å². The molecule has 0 radical (unpaired) electrons. The molecule has 9 heteroatoms. The lowest BCUT2D eigenvalue weighted by Gasteiger charge is -2.29. The van der Waals surface area contributed by atoms with Crippen LogP contribution in [-0.4, -0.2) is 44.1 Å². The third-order valence-corrected chi connectivity index (χ3v) is 6.54. The van der Waals surface area contributed by atoms with Crippen molar-refractivity contribution in [2.45, 2.75) is 32.5 Å². The molecule has 0 fully saturated rings. The lowest BCUT2D eigenvalue weighted by Crippen LogP contribution is -2.48. The van der Waals surface area contributed by atoms with Crippen molar-refractivity contribution in [2.24, 2.45) is 0 Å². The number of rotatable bonds is 11. The highest BCUT2D eigenvalue weighted by Gasteiger charge is 2.26. The van der Waals surface area contributed by atoms with Crippen molar-refractivity contribution in [1.82, 2.24) is 10.2 Å². The molecule has 3 aromatic carbocycles. The Balaban J connectivity index is 1.80. The van der Waals surface area contributed by atoms with E-state index in [1.807, 2.05) is 24.3 Å². The zero-order valence-electron chi connectivity index (χ0n) is 21.2. The van der Waals surface area contributed by atoms with Crippen molar-refractivity contribution >= 4 is 35.0 Å². The van der Waals surface area contributed by atoms with Gasteiger partial charge in [0.2, 0.25) is 11.8 Å². The SMILES string of the molecule is COc1ccc(CN(C(=O)Cc2ccc(OC)c(OC)c2)[C@H](C)C(=O)NCc2ccc(Cl)cc2Cl)cc1. The van der Waals surface area contributed by atoms with Crippen molar-refractivity contribution in [1.29, 1.82) is 0 Å². The number of nitrogens with zero attached hydrogens (tertiary/aromatic N) is 1. The summed E-state index contributed by atoms with van der Waals surface area (Å²) in [7, 11) is 4.68. The number of benzene rings is 3. The summed E-state index contributed by atoms with van der Waals surface area (Å²) in [4.78, 5) is 28.2. The minimum Gasteiger partial charge on any atom is -0.497 e. The van der Waals surface area contributed by atoms with Crippen LogP contribution < -0.4 is 19.5 Å². The van der Waals surface area contributed by atoms with Crippen LogP contribution in [0.5, 0.6) is 17.2 Å². The van der Waals surface area contributed by atoms with Gasteiger partial charge in [0.1, 0.15) is 11.8 Å². The van der Waals surface area contributed by atoms with Gasteiger partial charge in [-0.05, 0) is 60.0 Å². The quantitative estimate of drug-likeness (QED) is 0.354. The first kappa shape index (κ1) is 28.2. The Morgan fingerprint density at radius 2 is 1.54 bits per heavy atom. The van der Waals surface area contributed by atoms with Crippen LogP contribution in [0.15, 0.2) is 60.7 Å². The first-order valence-corrected chi connectivity index (χ1v) is 12.4. The standard InChI is InChI=1S/C28H30Cl2N2O5/c1-18(28(34)31-16-21-8-9-22(29)15-24(21)30)32(17-19-5-10-23(35-2)11-6-19)27(33)14-20-7-12-25(36-3)26(13-20)37-4/h5-13,15,18H,14,16-17H2,1-4H3,(H,31,34)/t18-/m1/s1. The van der Waals surface area contributed by atoms with E-state index < -0.39 is 6.04 Å². The van der Waals surface area contributed by atoms with E-state index in [-0.39, 0.29) is 31.3 Å². The van der Waals surface area contributed by atoms with Crippen LogP contribution in [0.4, 0.5) is 0 Å². The molecule has 3 rings (SSSR count). The molecule has 3 aromatic rings. The van der Waals surface area contributed by atoms with Crippen molar-refractivity contribution in [3.63, 3.8) is 0 Å². The van der Waals surface area contributed by atoms with Crippen molar-refractivity contribution in [2.75, 3.05) is 21.3 Å². The highest BCUT2D eigenvalue weighted by molar-refractivity contribution is 6.35. The number of carbonyl (C=O) groups excluding carboxylic acids is 2. The molecule has 2 amide bonds. The number of halogens is 2. The second kappa shape index (κ2) is 13.2. The van der Waals surface area contributed by atoms with E-state index in [0.29, 0.717) is 27.3 Å². The summed E-state index contributed by atoms with van der Waals surface area (Å²) >= 11 is 12.2. The fourth-order valence-corrected chi connectivity index (χ4v) is 4.25. The molecule has 7 nitrogen and oxygen atoms in total. The lowest BCUT2D eigenvalue weighted by molar-refractivity contribution is -0.140. The normalized spacial score (nSPS) is 11.4. The van der Waals surface area contributed by atoms with Crippen molar-refractivity contribution in [3.8, 4) is 17.2 Å². The first-order valence-electron chi connectivity index (χ1n) is 11.6. The topological polar surface area (TPSA) is 77.1 Å². The molecule has 0 spiro atoms. The van der Waals surface area contributed by atoms with Crippen LogP contribution in [0.25, 0.3) is 0 Å². The predicted molar refractivity (Wildman–Crippen MR) is 145 cm³/mol. The summed E-state index contributed by atoms with van der Waals surface area (Å²) in [5.74, 6) is 1.29. The fourth-order valence-electron chi connectivity index (χ4n) is 3.77. The highest BCUT2D eigenvalue weighted by Crippen LogP contribution is 2.28. The first-order chi connectivity index (χ1) is 17.7. The summed E-state index contributed by atoms with van der Waals surface area (Å²) in [6.07, 6.45) is 0.0805. The molecule has 0 aliphatic heterocycles. The molecule has 0 saturated carbocycles. The second-order valence-electron chi connectivity index (χ2n) is 8.37. The average molecular weight is 545 g/mol. The van der Waals surface area contributed by atoms with Gasteiger partial charge in [0.15, 0.2) is 11.5 Å². The molecule has 0 aromatic heterocycles. The van der Waals surface area contributed by atoms with Crippen LogP contribution >= 0.6 is 23.2 Å². The lowest BCUT2D eigenvalue weighted by atomic mass is 10.1. The number of hydrogen-bond donors (Lipinski definition) is 1. The summed E-state index contributed by atoms with van der Waals surface area (Å²) in [5.41, 5.74) is 2.33. The zero-order valence-corrected chi connectivity index (χ0v) is 22.7. The Labute approximate surface area is 227 Å². The van der Waals surface area contributed by atoms with E-state index in [1.165, 1.54) is 0 Å². The number of methoxy groups -OCH3 is 3. The van der Waals surface area contributed by atoms with E-state index in [2.05, 4.69) is 5.32 Å². The van der Waals surface area contributed by atoms with Crippen molar-refractivity contribution < 1.29 is 23.8 Å². The average Bonchev–Trinajstić information content (AvgIpc) is 2.90. The Morgan fingerprint density at radius 3 is 2.16 bits per heavy atom. The van der Waals surface area contributed by atoms with E-state index in [9.17, 15) is 9.59 Å². The maximum atomic E-state index is 13.5. The molecule has 0 unspecified atom stereocenters. The van der Waals surface area contributed by atoms with E-state index in [4.69, 9.17) is 37.4 Å². The van der Waals surface area contributed by atoms with E-state index in [0.717, 1.165) is 16.7 Å². The van der Waals surface area contributed by atoms with Gasteiger partial charge in [-0.15, -0.1) is 0 Å². The smallest absolute Gasteiger partial charge is 0.242 e. The largest absolute Gasteiger partial charge is 0.497 e. The molecular weight excluding hydrogens is 515 g/mol. The number of ether oxygens (including phenoxy) is 3. The van der Waals surface area contributed by atoms with Gasteiger partial charge in [-0.3, -0.25) is 9.59 Å². The van der Waals surface area contributed by atoms with Crippen molar-refractivity contribution in [3.05, 3.63) is 87.4 Å². The minimum absolute atomic E-state index is 0.0805. The van der Waals surface area contributed by atoms with E-state index in [1.54, 1.807) is 69.6 Å². The van der Waals surface area contributed by atoms with Gasteiger partial charge in [-0.2, -0.15) is 0 Å². The molecule has 1 atom stereocenters. The van der Waals surface area contributed by atoms with Gasteiger partial charge in [0.05, 0.1) is 27.8 Å². The molecule has 37 heavy (non-hydrogen) atoms. The number of amides is 2. The van der Waals surface area contributed by atoms with Crippen LogP contribution in [0.1, 0.15) is 23.6 Å². The Hall–Kier alpha value is -3.42. The van der Waals surface area contributed by atoms with Gasteiger partial charge < -0.3 is 24.4 Å². The highest BCUT2D eigenvalue weighted by atomic mass is 35.5. The Kier molecular flexibility index (Phi) is 10.1. The van der Waals surface area contributed by atoms with Crippen LogP contribution in [-0.2, 0) is 29.1 Å². The van der Waals surface area contributed by atoms with Gasteiger partial charge in [0.25, 0.3) is 0 Å². The van der Waals surface area contributed by atoms with E-state index >= 15 is 0 Å². The van der Waals surface area contributed by atoms with Gasteiger partial charge in [0, 0.05) is 23.1 Å². The Bertz CT molecular complexity index is 1230. The number of nitrogens with one attached hydrogen (secondary N) is 1. The fraction of sp³-hybridized carbons (Fsp3) is 0.286. The zero-order chi connectivity index (χ0) is 26.9. The third kappa shape index (κ3) is 7.54.